The van der Waals surface area contributed by atoms with Crippen LogP contribution < -0.4 is 25.4 Å². The number of hydrogen-bond acceptors (Lipinski definition) is 8. The molecule has 2 fully saturated rings. The van der Waals surface area contributed by atoms with Gasteiger partial charge in [0.25, 0.3) is 5.91 Å². The van der Waals surface area contributed by atoms with Crippen molar-refractivity contribution in [3.05, 3.63) is 53.6 Å². The Hall–Kier alpha value is -3.87. The number of fused-ring (bicyclic) bond motifs is 5. The molecule has 44 heavy (non-hydrogen) atoms. The number of hydrogen-bond donors (Lipinski definition) is 3. The van der Waals surface area contributed by atoms with Gasteiger partial charge in [0.2, 0.25) is 5.91 Å². The van der Waals surface area contributed by atoms with Gasteiger partial charge in [0.15, 0.2) is 0 Å². The minimum absolute atomic E-state index is 0.0931. The van der Waals surface area contributed by atoms with Gasteiger partial charge in [-0.2, -0.15) is 0 Å². The van der Waals surface area contributed by atoms with E-state index in [1.165, 1.54) is 0 Å². The Kier molecular flexibility index (Phi) is 10.6. The molecule has 3 N–H and O–H groups in total. The first-order valence-electron chi connectivity index (χ1n) is 15.2. The number of urea groups is 1. The van der Waals surface area contributed by atoms with Gasteiger partial charge in [0.1, 0.15) is 23.9 Å². The molecule has 0 aromatic heterocycles. The minimum atomic E-state index is -0.468. The fraction of sp³-hybridized carbons (Fsp3) is 0.531. The molecule has 12 nitrogen and oxygen atoms in total. The van der Waals surface area contributed by atoms with Crippen LogP contribution >= 0.6 is 0 Å². The predicted molar refractivity (Wildman–Crippen MR) is 161 cm³/mol. The highest BCUT2D eigenvalue weighted by atomic mass is 16.5. The maximum atomic E-state index is 13.6. The quantitative estimate of drug-likeness (QED) is 0.408. The van der Waals surface area contributed by atoms with Gasteiger partial charge in [-0.1, -0.05) is 18.6 Å². The molecule has 5 rings (SSSR count). The van der Waals surface area contributed by atoms with Crippen LogP contribution in [0.15, 0.2) is 42.5 Å². The summed E-state index contributed by atoms with van der Waals surface area (Å²) in [7, 11) is 3.22. The third-order valence-electron chi connectivity index (χ3n) is 8.34. The van der Waals surface area contributed by atoms with E-state index >= 15 is 0 Å². The summed E-state index contributed by atoms with van der Waals surface area (Å²) in [4.78, 5) is 41.3. The zero-order valence-electron chi connectivity index (χ0n) is 25.4. The van der Waals surface area contributed by atoms with Crippen LogP contribution in [0.25, 0.3) is 0 Å². The van der Waals surface area contributed by atoms with Crippen molar-refractivity contribution in [3.63, 3.8) is 0 Å². The molecule has 1 saturated carbocycles. The molecule has 3 aliphatic rings. The summed E-state index contributed by atoms with van der Waals surface area (Å²) in [5.74, 6) is 1.23. The largest absolute Gasteiger partial charge is 0.491 e. The van der Waals surface area contributed by atoms with E-state index in [2.05, 4.69) is 16.0 Å². The van der Waals surface area contributed by atoms with Gasteiger partial charge >= 0.3 is 6.03 Å². The number of likely N-dealkylation sites (tertiary alicyclic amines) is 1. The van der Waals surface area contributed by atoms with E-state index < -0.39 is 11.5 Å². The van der Waals surface area contributed by atoms with Crippen LogP contribution in [0.3, 0.4) is 0 Å². The summed E-state index contributed by atoms with van der Waals surface area (Å²) >= 11 is 0. The number of nitrogens with zero attached hydrogens (tertiary/aromatic N) is 1. The van der Waals surface area contributed by atoms with Crippen LogP contribution in [-0.2, 0) is 25.6 Å². The van der Waals surface area contributed by atoms with Crippen molar-refractivity contribution in [2.24, 2.45) is 5.41 Å². The summed E-state index contributed by atoms with van der Waals surface area (Å²) in [6, 6.07) is 11.8. The van der Waals surface area contributed by atoms with E-state index in [0.29, 0.717) is 62.1 Å². The third kappa shape index (κ3) is 7.79. The molecule has 2 heterocycles. The lowest BCUT2D eigenvalue weighted by atomic mass is 9.68. The van der Waals surface area contributed by atoms with Crippen LogP contribution in [0.5, 0.6) is 17.2 Å². The van der Waals surface area contributed by atoms with Gasteiger partial charge in [0, 0.05) is 52.0 Å². The second kappa shape index (κ2) is 14.7. The van der Waals surface area contributed by atoms with E-state index in [1.807, 2.05) is 29.2 Å². The predicted octanol–water partition coefficient (Wildman–Crippen LogP) is 2.85. The lowest BCUT2D eigenvalue weighted by Crippen LogP contribution is -2.61. The molecule has 2 atom stereocenters. The van der Waals surface area contributed by atoms with Crippen molar-refractivity contribution in [2.45, 2.75) is 44.4 Å². The maximum Gasteiger partial charge on any atom is 0.315 e. The Morgan fingerprint density at radius 1 is 1.02 bits per heavy atom. The Morgan fingerprint density at radius 3 is 2.64 bits per heavy atom. The lowest BCUT2D eigenvalue weighted by molar-refractivity contribution is -0.157. The summed E-state index contributed by atoms with van der Waals surface area (Å²) < 4.78 is 28.8. The Morgan fingerprint density at radius 2 is 1.86 bits per heavy atom. The van der Waals surface area contributed by atoms with Crippen molar-refractivity contribution < 1.29 is 38.1 Å². The van der Waals surface area contributed by atoms with Gasteiger partial charge < -0.3 is 44.5 Å². The van der Waals surface area contributed by atoms with E-state index in [-0.39, 0.29) is 43.6 Å². The smallest absolute Gasteiger partial charge is 0.315 e. The summed E-state index contributed by atoms with van der Waals surface area (Å²) in [6.07, 6.45) is 2.77. The van der Waals surface area contributed by atoms with Crippen molar-refractivity contribution in [3.8, 4) is 17.2 Å². The molecular weight excluding hydrogens is 568 g/mol. The van der Waals surface area contributed by atoms with Crippen molar-refractivity contribution >= 4 is 17.8 Å². The Labute approximate surface area is 257 Å². The summed E-state index contributed by atoms with van der Waals surface area (Å²) in [6.45, 7) is 2.68. The number of piperidine rings is 1. The third-order valence-corrected chi connectivity index (χ3v) is 8.34. The number of ether oxygens (including phenoxy) is 5. The van der Waals surface area contributed by atoms with Gasteiger partial charge in [-0.05, 0) is 49.1 Å². The minimum Gasteiger partial charge on any atom is -0.491 e. The molecule has 2 aromatic rings. The first-order valence-corrected chi connectivity index (χ1v) is 15.2. The number of carbonyl (C=O) groups excluding carboxylic acids is 3. The fourth-order valence-corrected chi connectivity index (χ4v) is 5.87. The van der Waals surface area contributed by atoms with Crippen LogP contribution in [0, 0.1) is 5.41 Å². The first-order chi connectivity index (χ1) is 21.4. The standard InChI is InChI=1S/C32H42N4O8/c1-40-13-14-42-25-16-23-17-26(18-25)44-24-6-3-5-22(15-24)20-43-28-19-36(30(38)32(21-41-2)8-4-9-32)12-7-27(28)35-31(39)34-11-10-33-29(23)37/h3,5-6,15-18,27-28H,4,7-14,19-21H2,1-2H3,(H,33,37)(H2,34,35,39)/t27-,28-/m0/s1. The number of carbonyl (C=O) groups is 3. The summed E-state index contributed by atoms with van der Waals surface area (Å²) in [5, 5.41) is 8.67. The molecule has 2 aromatic carbocycles. The first kappa shape index (κ1) is 31.6. The highest BCUT2D eigenvalue weighted by Gasteiger charge is 2.48. The van der Waals surface area contributed by atoms with E-state index in [4.69, 9.17) is 23.7 Å². The zero-order chi connectivity index (χ0) is 30.9. The molecule has 0 unspecified atom stereocenters. The van der Waals surface area contributed by atoms with Gasteiger partial charge in [0.05, 0.1) is 37.4 Å². The average molecular weight is 611 g/mol. The van der Waals surface area contributed by atoms with Crippen LogP contribution in [-0.4, -0.2) is 95.1 Å². The second-order valence-electron chi connectivity index (χ2n) is 11.5. The number of benzene rings is 2. The SMILES string of the molecule is COCCOc1cc2cc(c1)C(=O)NCCNC(=O)N[C@H]1CCN(C(=O)C3(COC)CCC3)C[C@@H]1OCc1cccc(c1)O2. The molecule has 4 bridgehead atoms. The van der Waals surface area contributed by atoms with Gasteiger partial charge in [-0.15, -0.1) is 0 Å². The normalized spacial score (nSPS) is 22.0. The maximum absolute atomic E-state index is 13.6. The second-order valence-corrected chi connectivity index (χ2v) is 11.5. The molecular formula is C32H42N4O8. The van der Waals surface area contributed by atoms with E-state index in [1.54, 1.807) is 32.4 Å². The molecule has 2 aliphatic heterocycles. The molecule has 238 valence electrons. The van der Waals surface area contributed by atoms with Gasteiger partial charge in [-0.25, -0.2) is 4.79 Å². The molecule has 1 aliphatic carbocycles. The topological polar surface area (TPSA) is 137 Å². The number of nitrogens with one attached hydrogen (secondary N) is 3. The molecule has 0 spiro atoms. The van der Waals surface area contributed by atoms with E-state index in [0.717, 1.165) is 24.8 Å². The molecule has 12 heteroatoms. The lowest BCUT2D eigenvalue weighted by Gasteiger charge is -2.46. The van der Waals surface area contributed by atoms with Crippen molar-refractivity contribution in [1.29, 1.82) is 0 Å². The van der Waals surface area contributed by atoms with Crippen LogP contribution in [0.2, 0.25) is 0 Å². The van der Waals surface area contributed by atoms with Crippen LogP contribution in [0.1, 0.15) is 41.6 Å². The number of methoxy groups -OCH3 is 2. The molecule has 1 saturated heterocycles. The number of rotatable bonds is 7. The monoisotopic (exact) mass is 610 g/mol. The average Bonchev–Trinajstić information content (AvgIpc) is 3.00. The summed E-state index contributed by atoms with van der Waals surface area (Å²) in [5.41, 5.74) is 0.748. The highest BCUT2D eigenvalue weighted by molar-refractivity contribution is 5.95. The highest BCUT2D eigenvalue weighted by Crippen LogP contribution is 2.43. The van der Waals surface area contributed by atoms with Gasteiger partial charge in [-0.3, -0.25) is 9.59 Å². The number of amides is 4. The fourth-order valence-electron chi connectivity index (χ4n) is 5.87. The Bertz CT molecular complexity index is 1320. The van der Waals surface area contributed by atoms with E-state index in [9.17, 15) is 14.4 Å². The van der Waals surface area contributed by atoms with Crippen LogP contribution in [0.4, 0.5) is 4.79 Å². The molecule has 4 amide bonds. The zero-order valence-corrected chi connectivity index (χ0v) is 25.4. The van der Waals surface area contributed by atoms with Crippen molar-refractivity contribution in [1.82, 2.24) is 20.9 Å². The molecule has 0 radical (unpaired) electrons. The van der Waals surface area contributed by atoms with Crippen molar-refractivity contribution in [2.75, 3.05) is 60.2 Å². The Balaban J connectivity index is 1.36.